The van der Waals surface area contributed by atoms with E-state index < -0.39 is 0 Å². The van der Waals surface area contributed by atoms with Crippen LogP contribution in [-0.2, 0) is 9.59 Å². The lowest BCUT2D eigenvalue weighted by atomic mass is 10.1. The molecule has 0 aliphatic carbocycles. The number of carbonyl (C=O) groups excluding carboxylic acids is 2. The van der Waals surface area contributed by atoms with E-state index in [0.717, 1.165) is 29.2 Å². The van der Waals surface area contributed by atoms with Crippen molar-refractivity contribution in [3.8, 4) is 0 Å². The number of thiophene rings is 1. The number of amides is 2. The zero-order chi connectivity index (χ0) is 23.0. The normalized spacial score (nSPS) is 15.7. The van der Waals surface area contributed by atoms with Crippen molar-refractivity contribution in [1.29, 1.82) is 0 Å². The van der Waals surface area contributed by atoms with Crippen molar-refractivity contribution < 1.29 is 14.0 Å². The maximum absolute atomic E-state index is 13.4. The van der Waals surface area contributed by atoms with Gasteiger partial charge in [0.2, 0.25) is 11.8 Å². The maximum Gasteiger partial charge on any atom is 0.238 e. The molecule has 172 valence electrons. The van der Waals surface area contributed by atoms with Gasteiger partial charge >= 0.3 is 0 Å². The fourth-order valence-corrected chi connectivity index (χ4v) is 4.67. The van der Waals surface area contributed by atoms with Gasteiger partial charge in [0.1, 0.15) is 5.82 Å². The third kappa shape index (κ3) is 6.71. The van der Waals surface area contributed by atoms with Crippen molar-refractivity contribution in [3.63, 3.8) is 0 Å². The number of nitrogens with one attached hydrogen (secondary N) is 2. The standard InChI is InChI=1S/C25H27FN4O2S/c26-20-10-8-19(9-11-20)25(22-7-4-16-33-22)28-24(32)18-30-14-12-29(13-15-30)17-23(31)27-21-5-2-1-3-6-21/h1-11,16,25H,12-15,17-18H2,(H,27,31)(H,28,32). The van der Waals surface area contributed by atoms with Gasteiger partial charge in [-0.3, -0.25) is 19.4 Å². The van der Waals surface area contributed by atoms with Gasteiger partial charge in [0.05, 0.1) is 19.1 Å². The molecule has 4 rings (SSSR count). The molecule has 1 aliphatic rings. The molecule has 6 nitrogen and oxygen atoms in total. The van der Waals surface area contributed by atoms with E-state index in [4.69, 9.17) is 0 Å². The molecular weight excluding hydrogens is 439 g/mol. The van der Waals surface area contributed by atoms with Gasteiger partial charge < -0.3 is 10.6 Å². The highest BCUT2D eigenvalue weighted by Crippen LogP contribution is 2.26. The summed E-state index contributed by atoms with van der Waals surface area (Å²) >= 11 is 1.56. The molecule has 2 amide bonds. The van der Waals surface area contributed by atoms with E-state index in [1.165, 1.54) is 12.1 Å². The van der Waals surface area contributed by atoms with Gasteiger partial charge in [-0.25, -0.2) is 4.39 Å². The van der Waals surface area contributed by atoms with Crippen LogP contribution in [0.1, 0.15) is 16.5 Å². The molecule has 0 radical (unpaired) electrons. The summed E-state index contributed by atoms with van der Waals surface area (Å²) in [4.78, 5) is 30.3. The van der Waals surface area contributed by atoms with Gasteiger partial charge in [-0.1, -0.05) is 36.4 Å². The predicted octanol–water partition coefficient (Wildman–Crippen LogP) is 3.35. The zero-order valence-electron chi connectivity index (χ0n) is 18.2. The number of para-hydroxylation sites is 1. The second-order valence-corrected chi connectivity index (χ2v) is 9.01. The minimum Gasteiger partial charge on any atom is -0.343 e. The first-order valence-electron chi connectivity index (χ1n) is 10.9. The lowest BCUT2D eigenvalue weighted by molar-refractivity contribution is -0.124. The molecule has 3 aromatic rings. The summed E-state index contributed by atoms with van der Waals surface area (Å²) in [6, 6.07) is 19.3. The van der Waals surface area contributed by atoms with E-state index in [-0.39, 0.29) is 30.2 Å². The summed E-state index contributed by atoms with van der Waals surface area (Å²) in [5.74, 6) is -0.413. The second-order valence-electron chi connectivity index (χ2n) is 8.03. The molecule has 33 heavy (non-hydrogen) atoms. The van der Waals surface area contributed by atoms with Crippen LogP contribution in [-0.4, -0.2) is 60.9 Å². The van der Waals surface area contributed by atoms with Gasteiger partial charge in [0.15, 0.2) is 0 Å². The van der Waals surface area contributed by atoms with E-state index in [9.17, 15) is 14.0 Å². The van der Waals surface area contributed by atoms with Crippen LogP contribution in [0.4, 0.5) is 10.1 Å². The fourth-order valence-electron chi connectivity index (χ4n) is 3.87. The van der Waals surface area contributed by atoms with Crippen LogP contribution in [0.15, 0.2) is 72.1 Å². The largest absolute Gasteiger partial charge is 0.343 e. The summed E-state index contributed by atoms with van der Waals surface area (Å²) < 4.78 is 13.4. The molecule has 1 fully saturated rings. The molecule has 0 bridgehead atoms. The molecule has 1 unspecified atom stereocenters. The van der Waals surface area contributed by atoms with E-state index in [0.29, 0.717) is 19.6 Å². The minimum atomic E-state index is -0.305. The highest BCUT2D eigenvalue weighted by molar-refractivity contribution is 7.10. The SMILES string of the molecule is O=C(CN1CCN(CC(=O)NC(c2ccc(F)cc2)c2cccs2)CC1)Nc1ccccc1. The summed E-state index contributed by atoms with van der Waals surface area (Å²) in [5, 5.41) is 7.97. The Balaban J connectivity index is 1.26. The number of rotatable bonds is 8. The first-order chi connectivity index (χ1) is 16.1. The van der Waals surface area contributed by atoms with Crippen LogP contribution in [0.5, 0.6) is 0 Å². The number of piperazine rings is 1. The van der Waals surface area contributed by atoms with Crippen molar-refractivity contribution >= 4 is 28.8 Å². The molecule has 8 heteroatoms. The molecule has 0 saturated carbocycles. The predicted molar refractivity (Wildman–Crippen MR) is 129 cm³/mol. The number of halogens is 1. The summed E-state index contributed by atoms with van der Waals surface area (Å²) in [5.41, 5.74) is 1.64. The molecular formula is C25H27FN4O2S. The zero-order valence-corrected chi connectivity index (χ0v) is 19.1. The second kappa shape index (κ2) is 11.2. The van der Waals surface area contributed by atoms with Crippen LogP contribution in [0, 0.1) is 5.82 Å². The Labute approximate surface area is 197 Å². The average Bonchev–Trinajstić information content (AvgIpc) is 3.35. The molecule has 1 atom stereocenters. The number of nitrogens with zero attached hydrogens (tertiary/aromatic N) is 2. The van der Waals surface area contributed by atoms with Crippen LogP contribution in [0.2, 0.25) is 0 Å². The Bertz CT molecular complexity index is 1040. The quantitative estimate of drug-likeness (QED) is 0.535. The van der Waals surface area contributed by atoms with E-state index >= 15 is 0 Å². The number of benzene rings is 2. The minimum absolute atomic E-state index is 0.0366. The molecule has 1 saturated heterocycles. The van der Waals surface area contributed by atoms with Crippen molar-refractivity contribution in [3.05, 3.63) is 88.4 Å². The van der Waals surface area contributed by atoms with E-state index in [1.54, 1.807) is 23.5 Å². The Kier molecular flexibility index (Phi) is 7.83. The van der Waals surface area contributed by atoms with E-state index in [2.05, 4.69) is 20.4 Å². The van der Waals surface area contributed by atoms with Crippen LogP contribution in [0.25, 0.3) is 0 Å². The van der Waals surface area contributed by atoms with Crippen molar-refractivity contribution in [2.75, 3.05) is 44.6 Å². The summed E-state index contributed by atoms with van der Waals surface area (Å²) in [6.45, 7) is 3.50. The maximum atomic E-state index is 13.4. The van der Waals surface area contributed by atoms with Crippen LogP contribution in [0.3, 0.4) is 0 Å². The average molecular weight is 467 g/mol. The third-order valence-electron chi connectivity index (χ3n) is 5.59. The first kappa shape index (κ1) is 23.1. The van der Waals surface area contributed by atoms with Gasteiger partial charge in [0, 0.05) is 36.7 Å². The Morgan fingerprint density at radius 3 is 2.09 bits per heavy atom. The smallest absolute Gasteiger partial charge is 0.238 e. The van der Waals surface area contributed by atoms with Gasteiger partial charge in [0.25, 0.3) is 0 Å². The lowest BCUT2D eigenvalue weighted by Crippen LogP contribution is -2.51. The lowest BCUT2D eigenvalue weighted by Gasteiger charge is -2.34. The molecule has 0 spiro atoms. The van der Waals surface area contributed by atoms with Crippen LogP contribution >= 0.6 is 11.3 Å². The van der Waals surface area contributed by atoms with Gasteiger partial charge in [-0.15, -0.1) is 11.3 Å². The highest BCUT2D eigenvalue weighted by atomic mass is 32.1. The van der Waals surface area contributed by atoms with Crippen molar-refractivity contribution in [1.82, 2.24) is 15.1 Å². The van der Waals surface area contributed by atoms with Crippen LogP contribution < -0.4 is 10.6 Å². The molecule has 1 aromatic heterocycles. The van der Waals surface area contributed by atoms with Crippen molar-refractivity contribution in [2.24, 2.45) is 0 Å². The number of carbonyl (C=O) groups is 2. The summed E-state index contributed by atoms with van der Waals surface area (Å²) in [7, 11) is 0. The molecule has 2 heterocycles. The van der Waals surface area contributed by atoms with Crippen molar-refractivity contribution in [2.45, 2.75) is 6.04 Å². The monoisotopic (exact) mass is 466 g/mol. The Morgan fingerprint density at radius 1 is 0.848 bits per heavy atom. The molecule has 2 N–H and O–H groups in total. The molecule has 1 aliphatic heterocycles. The van der Waals surface area contributed by atoms with Gasteiger partial charge in [-0.2, -0.15) is 0 Å². The number of hydrogen-bond acceptors (Lipinski definition) is 5. The highest BCUT2D eigenvalue weighted by Gasteiger charge is 2.23. The molecule has 2 aromatic carbocycles. The Morgan fingerprint density at radius 2 is 1.48 bits per heavy atom. The van der Waals surface area contributed by atoms with Gasteiger partial charge in [-0.05, 0) is 41.3 Å². The fraction of sp³-hybridized carbons (Fsp3) is 0.280. The third-order valence-corrected chi connectivity index (χ3v) is 6.53. The Hall–Kier alpha value is -3.07. The number of anilines is 1. The summed E-state index contributed by atoms with van der Waals surface area (Å²) in [6.07, 6.45) is 0. The van der Waals surface area contributed by atoms with E-state index in [1.807, 2.05) is 47.8 Å². The first-order valence-corrected chi connectivity index (χ1v) is 11.8. The topological polar surface area (TPSA) is 64.7 Å². The number of hydrogen-bond donors (Lipinski definition) is 2.